The number of anilines is 1. The maximum atomic E-state index is 12.0. The molecule has 0 aliphatic heterocycles. The van der Waals surface area contributed by atoms with Gasteiger partial charge in [-0.3, -0.25) is 9.59 Å². The first-order valence-electron chi connectivity index (χ1n) is 5.69. The molecule has 1 heterocycles. The number of allylic oxidation sites excluding steroid dienone is 2. The number of carbonyl (C=O) groups is 2. The number of hydrogen-bond donors (Lipinski definition) is 2. The van der Waals surface area contributed by atoms with Crippen LogP contribution in [-0.2, 0) is 9.59 Å². The van der Waals surface area contributed by atoms with Crippen LogP contribution in [0.4, 0.5) is 5.13 Å². The van der Waals surface area contributed by atoms with E-state index in [-0.39, 0.29) is 5.91 Å². The third kappa shape index (κ3) is 2.76. The fourth-order valence-electron chi connectivity index (χ4n) is 1.99. The van der Waals surface area contributed by atoms with Crippen molar-refractivity contribution in [3.8, 4) is 0 Å². The molecule has 0 spiro atoms. The summed E-state index contributed by atoms with van der Waals surface area (Å²) in [5.74, 6) is -2.34. The van der Waals surface area contributed by atoms with Crippen molar-refractivity contribution in [2.24, 2.45) is 11.8 Å². The highest BCUT2D eigenvalue weighted by atomic mass is 32.1. The first kappa shape index (κ1) is 12.8. The number of nitrogens with zero attached hydrogens (tertiary/aromatic N) is 1. The Balaban J connectivity index is 2.07. The zero-order chi connectivity index (χ0) is 13.1. The average Bonchev–Trinajstić information content (AvgIpc) is 2.74. The van der Waals surface area contributed by atoms with Crippen LogP contribution in [-0.4, -0.2) is 22.0 Å². The van der Waals surface area contributed by atoms with Gasteiger partial charge >= 0.3 is 5.97 Å². The van der Waals surface area contributed by atoms with Gasteiger partial charge in [0.2, 0.25) is 5.91 Å². The SMILES string of the molecule is Cc1cnc(NC(=O)C2CC=CCC2C(=O)O)s1. The summed E-state index contributed by atoms with van der Waals surface area (Å²) in [4.78, 5) is 28.2. The molecule has 18 heavy (non-hydrogen) atoms. The molecule has 1 aromatic rings. The molecular formula is C12H14N2O3S. The molecule has 0 saturated carbocycles. The van der Waals surface area contributed by atoms with E-state index >= 15 is 0 Å². The molecule has 1 aliphatic rings. The Hall–Kier alpha value is -1.69. The number of hydrogen-bond acceptors (Lipinski definition) is 4. The van der Waals surface area contributed by atoms with Gasteiger partial charge in [0.1, 0.15) is 0 Å². The van der Waals surface area contributed by atoms with E-state index in [0.717, 1.165) is 4.88 Å². The van der Waals surface area contributed by atoms with E-state index in [1.54, 1.807) is 6.20 Å². The predicted molar refractivity (Wildman–Crippen MR) is 68.5 cm³/mol. The number of aliphatic carboxylic acids is 1. The smallest absolute Gasteiger partial charge is 0.307 e. The molecule has 1 amide bonds. The van der Waals surface area contributed by atoms with Crippen LogP contribution in [0.25, 0.3) is 0 Å². The molecule has 0 fully saturated rings. The number of carboxylic acid groups (broad SMARTS) is 1. The molecule has 96 valence electrons. The van der Waals surface area contributed by atoms with Crippen molar-refractivity contribution >= 4 is 28.3 Å². The van der Waals surface area contributed by atoms with Crippen LogP contribution in [0.2, 0.25) is 0 Å². The number of aryl methyl sites for hydroxylation is 1. The Morgan fingerprint density at radius 1 is 1.39 bits per heavy atom. The molecule has 2 unspecified atom stereocenters. The van der Waals surface area contributed by atoms with Crippen molar-refractivity contribution in [2.45, 2.75) is 19.8 Å². The van der Waals surface area contributed by atoms with E-state index in [9.17, 15) is 9.59 Å². The topological polar surface area (TPSA) is 79.3 Å². The quantitative estimate of drug-likeness (QED) is 0.821. The lowest BCUT2D eigenvalue weighted by Gasteiger charge is -2.23. The third-order valence-electron chi connectivity index (χ3n) is 2.94. The maximum Gasteiger partial charge on any atom is 0.307 e. The fraction of sp³-hybridized carbons (Fsp3) is 0.417. The Kier molecular flexibility index (Phi) is 3.76. The number of carboxylic acids is 1. The highest BCUT2D eigenvalue weighted by Gasteiger charge is 2.34. The molecule has 0 aromatic carbocycles. The van der Waals surface area contributed by atoms with E-state index in [1.807, 2.05) is 19.1 Å². The summed E-state index contributed by atoms with van der Waals surface area (Å²) in [5, 5.41) is 12.3. The molecule has 1 aromatic heterocycles. The third-order valence-corrected chi connectivity index (χ3v) is 3.77. The second-order valence-corrected chi connectivity index (χ2v) is 5.49. The standard InChI is InChI=1S/C12H14N2O3S/c1-7-6-13-12(18-7)14-10(15)8-4-2-3-5-9(8)11(16)17/h2-3,6,8-9H,4-5H2,1H3,(H,16,17)(H,13,14,15). The maximum absolute atomic E-state index is 12.0. The van der Waals surface area contributed by atoms with Gasteiger partial charge in [0.05, 0.1) is 11.8 Å². The van der Waals surface area contributed by atoms with Crippen LogP contribution in [0, 0.1) is 18.8 Å². The van der Waals surface area contributed by atoms with Crippen LogP contribution >= 0.6 is 11.3 Å². The van der Waals surface area contributed by atoms with Crippen LogP contribution < -0.4 is 5.32 Å². The fourth-order valence-corrected chi connectivity index (χ4v) is 2.65. The summed E-state index contributed by atoms with van der Waals surface area (Å²) in [6, 6.07) is 0. The number of carbonyl (C=O) groups excluding carboxylic acids is 1. The summed E-state index contributed by atoms with van der Waals surface area (Å²) >= 11 is 1.38. The number of amides is 1. The van der Waals surface area contributed by atoms with Gasteiger partial charge in [0.15, 0.2) is 5.13 Å². The molecule has 2 atom stereocenters. The molecule has 0 radical (unpaired) electrons. The number of thiazole rings is 1. The minimum atomic E-state index is -0.921. The second-order valence-electron chi connectivity index (χ2n) is 4.26. The molecule has 2 rings (SSSR count). The van der Waals surface area contributed by atoms with E-state index in [4.69, 9.17) is 5.11 Å². The van der Waals surface area contributed by atoms with Crippen LogP contribution in [0.15, 0.2) is 18.3 Å². The number of aromatic nitrogens is 1. The second kappa shape index (κ2) is 5.30. The molecule has 0 saturated heterocycles. The first-order chi connectivity index (χ1) is 8.58. The van der Waals surface area contributed by atoms with Crippen molar-refractivity contribution in [1.82, 2.24) is 4.98 Å². The van der Waals surface area contributed by atoms with Crippen molar-refractivity contribution in [2.75, 3.05) is 5.32 Å². The molecule has 2 N–H and O–H groups in total. The summed E-state index contributed by atoms with van der Waals surface area (Å²) < 4.78 is 0. The van der Waals surface area contributed by atoms with Gasteiger partial charge in [-0.2, -0.15) is 0 Å². The first-order valence-corrected chi connectivity index (χ1v) is 6.50. The van der Waals surface area contributed by atoms with Crippen molar-refractivity contribution in [3.63, 3.8) is 0 Å². The predicted octanol–water partition coefficient (Wildman–Crippen LogP) is 2.06. The monoisotopic (exact) mass is 266 g/mol. The largest absolute Gasteiger partial charge is 0.481 e. The molecule has 6 heteroatoms. The minimum Gasteiger partial charge on any atom is -0.481 e. The van der Waals surface area contributed by atoms with Crippen molar-refractivity contribution < 1.29 is 14.7 Å². The zero-order valence-electron chi connectivity index (χ0n) is 9.92. The molecule has 1 aliphatic carbocycles. The van der Waals surface area contributed by atoms with E-state index in [0.29, 0.717) is 18.0 Å². The lowest BCUT2D eigenvalue weighted by atomic mass is 9.82. The Morgan fingerprint density at radius 2 is 2.06 bits per heavy atom. The highest BCUT2D eigenvalue weighted by Crippen LogP contribution is 2.27. The summed E-state index contributed by atoms with van der Waals surface area (Å²) in [7, 11) is 0. The van der Waals surface area contributed by atoms with Gasteiger partial charge in [-0.15, -0.1) is 11.3 Å². The van der Waals surface area contributed by atoms with Gasteiger partial charge in [-0.1, -0.05) is 12.2 Å². The average molecular weight is 266 g/mol. The van der Waals surface area contributed by atoms with Crippen molar-refractivity contribution in [1.29, 1.82) is 0 Å². The summed E-state index contributed by atoms with van der Waals surface area (Å²) in [6.45, 7) is 1.90. The van der Waals surface area contributed by atoms with E-state index < -0.39 is 17.8 Å². The lowest BCUT2D eigenvalue weighted by Crippen LogP contribution is -2.34. The number of rotatable bonds is 3. The van der Waals surface area contributed by atoms with Gasteiger partial charge in [0, 0.05) is 11.1 Å². The highest BCUT2D eigenvalue weighted by molar-refractivity contribution is 7.15. The van der Waals surface area contributed by atoms with Gasteiger partial charge in [-0.25, -0.2) is 4.98 Å². The normalized spacial score (nSPS) is 22.7. The van der Waals surface area contributed by atoms with Crippen LogP contribution in [0.3, 0.4) is 0 Å². The van der Waals surface area contributed by atoms with Crippen LogP contribution in [0.5, 0.6) is 0 Å². The Bertz CT molecular complexity index is 495. The summed E-state index contributed by atoms with van der Waals surface area (Å²) in [6.07, 6.45) is 6.22. The zero-order valence-corrected chi connectivity index (χ0v) is 10.7. The molecule has 0 bridgehead atoms. The van der Waals surface area contributed by atoms with Gasteiger partial charge in [-0.05, 0) is 19.8 Å². The van der Waals surface area contributed by atoms with Gasteiger partial charge in [0.25, 0.3) is 0 Å². The van der Waals surface area contributed by atoms with E-state index in [2.05, 4.69) is 10.3 Å². The minimum absolute atomic E-state index is 0.263. The molecule has 5 nitrogen and oxygen atoms in total. The van der Waals surface area contributed by atoms with E-state index in [1.165, 1.54) is 11.3 Å². The lowest BCUT2D eigenvalue weighted by molar-refractivity contribution is -0.146. The van der Waals surface area contributed by atoms with Crippen molar-refractivity contribution in [3.05, 3.63) is 23.2 Å². The van der Waals surface area contributed by atoms with Gasteiger partial charge < -0.3 is 10.4 Å². The summed E-state index contributed by atoms with van der Waals surface area (Å²) in [5.41, 5.74) is 0. The number of nitrogens with one attached hydrogen (secondary N) is 1. The Morgan fingerprint density at radius 3 is 2.61 bits per heavy atom. The Labute approximate surface area is 109 Å². The van der Waals surface area contributed by atoms with Crippen LogP contribution in [0.1, 0.15) is 17.7 Å². The molecular weight excluding hydrogens is 252 g/mol.